The third-order valence-corrected chi connectivity index (χ3v) is 4.82. The van der Waals surface area contributed by atoms with Crippen LogP contribution in [0.2, 0.25) is 0 Å². The van der Waals surface area contributed by atoms with E-state index in [0.717, 1.165) is 36.8 Å². The van der Waals surface area contributed by atoms with Gasteiger partial charge in [-0.25, -0.2) is 0 Å². The zero-order valence-corrected chi connectivity index (χ0v) is 13.9. The molecule has 1 N–H and O–H groups in total. The van der Waals surface area contributed by atoms with Gasteiger partial charge in [0.2, 0.25) is 5.91 Å². The predicted octanol–water partition coefficient (Wildman–Crippen LogP) is 2.43. The minimum absolute atomic E-state index is 0.0268. The van der Waals surface area contributed by atoms with E-state index < -0.39 is 6.04 Å². The quantitative estimate of drug-likeness (QED) is 0.866. The molecule has 24 heavy (non-hydrogen) atoms. The van der Waals surface area contributed by atoms with E-state index in [0.29, 0.717) is 0 Å². The molecule has 3 atom stereocenters. The smallest absolute Gasteiger partial charge is 0.227 e. The van der Waals surface area contributed by atoms with E-state index >= 15 is 0 Å². The molecule has 1 aromatic rings. The van der Waals surface area contributed by atoms with Gasteiger partial charge in [-0.15, -0.1) is 0 Å². The van der Waals surface area contributed by atoms with Crippen molar-refractivity contribution >= 4 is 5.91 Å². The van der Waals surface area contributed by atoms with Crippen molar-refractivity contribution in [1.29, 1.82) is 5.26 Å². The molecular formula is C20H22N2O2. The van der Waals surface area contributed by atoms with E-state index in [2.05, 4.69) is 24.8 Å². The van der Waals surface area contributed by atoms with Gasteiger partial charge in [0.15, 0.2) is 0 Å². The molecule has 1 saturated heterocycles. The van der Waals surface area contributed by atoms with E-state index in [1.807, 2.05) is 24.3 Å². The first-order valence-electron chi connectivity index (χ1n) is 8.62. The molecule has 1 aliphatic carbocycles. The second-order valence-electron chi connectivity index (χ2n) is 6.54. The molecule has 124 valence electrons. The van der Waals surface area contributed by atoms with Crippen molar-refractivity contribution < 1.29 is 9.90 Å². The Morgan fingerprint density at radius 2 is 2.04 bits per heavy atom. The average molecular weight is 322 g/mol. The standard InChI is InChI=1S/C20H22N2O2/c1-2-3-4-5-14-6-8-15(9-7-14)19-17(12-21)22(18(19)13-23)20(24)16-10-11-16/h6-9,16-19,23H,2-3,10-11,13H2,1H3/t17-,18+,19-/m0/s1. The second kappa shape index (κ2) is 7.07. The van der Waals surface area contributed by atoms with Crippen molar-refractivity contribution in [3.8, 4) is 17.9 Å². The Morgan fingerprint density at radius 1 is 1.33 bits per heavy atom. The van der Waals surface area contributed by atoms with Gasteiger partial charge in [0.25, 0.3) is 0 Å². The molecule has 1 heterocycles. The number of nitriles is 1. The van der Waals surface area contributed by atoms with Crippen LogP contribution in [-0.2, 0) is 4.79 Å². The zero-order valence-electron chi connectivity index (χ0n) is 13.9. The maximum absolute atomic E-state index is 12.3. The Morgan fingerprint density at radius 3 is 2.58 bits per heavy atom. The Bertz CT molecular complexity index is 704. The Kier molecular flexibility index (Phi) is 4.88. The average Bonchev–Trinajstić information content (AvgIpc) is 3.41. The van der Waals surface area contributed by atoms with E-state index in [9.17, 15) is 15.2 Å². The van der Waals surface area contributed by atoms with Gasteiger partial charge in [-0.3, -0.25) is 4.79 Å². The summed E-state index contributed by atoms with van der Waals surface area (Å²) in [5.41, 5.74) is 1.94. The van der Waals surface area contributed by atoms with Crippen LogP contribution in [0.5, 0.6) is 0 Å². The van der Waals surface area contributed by atoms with Gasteiger partial charge in [-0.2, -0.15) is 5.26 Å². The minimum atomic E-state index is -0.479. The predicted molar refractivity (Wildman–Crippen MR) is 90.8 cm³/mol. The van der Waals surface area contributed by atoms with Crippen molar-refractivity contribution in [2.75, 3.05) is 6.61 Å². The fraction of sp³-hybridized carbons (Fsp3) is 0.500. The number of hydrogen-bond acceptors (Lipinski definition) is 3. The number of carbonyl (C=O) groups excluding carboxylic acids is 1. The van der Waals surface area contributed by atoms with Crippen molar-refractivity contribution in [1.82, 2.24) is 4.90 Å². The summed E-state index contributed by atoms with van der Waals surface area (Å²) in [5, 5.41) is 19.2. The number of aliphatic hydroxyl groups excluding tert-OH is 1. The van der Waals surface area contributed by atoms with Gasteiger partial charge in [0.1, 0.15) is 6.04 Å². The summed E-state index contributed by atoms with van der Waals surface area (Å²) in [6.07, 6.45) is 3.73. The highest BCUT2D eigenvalue weighted by Gasteiger charge is 2.53. The summed E-state index contributed by atoms with van der Waals surface area (Å²) >= 11 is 0. The monoisotopic (exact) mass is 322 g/mol. The van der Waals surface area contributed by atoms with Crippen LogP contribution >= 0.6 is 0 Å². The van der Waals surface area contributed by atoms with E-state index in [1.54, 1.807) is 4.90 Å². The fourth-order valence-electron chi connectivity index (χ4n) is 3.33. The molecule has 2 aliphatic rings. The third-order valence-electron chi connectivity index (χ3n) is 4.82. The summed E-state index contributed by atoms with van der Waals surface area (Å²) in [7, 11) is 0. The normalized spacial score (nSPS) is 25.2. The first-order valence-corrected chi connectivity index (χ1v) is 8.62. The molecule has 1 aliphatic heterocycles. The number of aliphatic hydroxyl groups is 1. The maximum atomic E-state index is 12.3. The number of amides is 1. The second-order valence-corrected chi connectivity index (χ2v) is 6.54. The molecular weight excluding hydrogens is 300 g/mol. The van der Waals surface area contributed by atoms with Gasteiger partial charge in [0, 0.05) is 23.8 Å². The minimum Gasteiger partial charge on any atom is -0.394 e. The summed E-state index contributed by atoms with van der Waals surface area (Å²) in [6.45, 7) is 1.99. The number of hydrogen-bond donors (Lipinski definition) is 1. The Balaban J connectivity index is 1.77. The topological polar surface area (TPSA) is 64.3 Å². The van der Waals surface area contributed by atoms with Gasteiger partial charge < -0.3 is 10.0 Å². The van der Waals surface area contributed by atoms with Crippen molar-refractivity contribution in [2.24, 2.45) is 5.92 Å². The van der Waals surface area contributed by atoms with Gasteiger partial charge in [-0.05, 0) is 37.0 Å². The molecule has 4 heteroatoms. The lowest BCUT2D eigenvalue weighted by atomic mass is 9.75. The lowest BCUT2D eigenvalue weighted by Crippen LogP contribution is -2.65. The Labute approximate surface area is 143 Å². The molecule has 1 aromatic carbocycles. The zero-order chi connectivity index (χ0) is 17.1. The number of benzene rings is 1. The van der Waals surface area contributed by atoms with Crippen molar-refractivity contribution in [3.63, 3.8) is 0 Å². The summed E-state index contributed by atoms with van der Waals surface area (Å²) < 4.78 is 0. The number of rotatable bonds is 4. The van der Waals surface area contributed by atoms with Crippen LogP contribution in [0.4, 0.5) is 0 Å². The molecule has 2 fully saturated rings. The highest BCUT2D eigenvalue weighted by molar-refractivity contribution is 5.83. The van der Waals surface area contributed by atoms with Crippen molar-refractivity contribution in [2.45, 2.75) is 50.6 Å². The highest BCUT2D eigenvalue weighted by Crippen LogP contribution is 2.44. The van der Waals surface area contributed by atoms with Gasteiger partial charge >= 0.3 is 0 Å². The number of unbranched alkanes of at least 4 members (excludes halogenated alkanes) is 1. The van der Waals surface area contributed by atoms with E-state index in [4.69, 9.17) is 0 Å². The van der Waals surface area contributed by atoms with Crippen LogP contribution in [0.15, 0.2) is 24.3 Å². The number of likely N-dealkylation sites (tertiary alicyclic amines) is 1. The number of nitrogens with zero attached hydrogens (tertiary/aromatic N) is 2. The van der Waals surface area contributed by atoms with Crippen molar-refractivity contribution in [3.05, 3.63) is 35.4 Å². The summed E-state index contributed by atoms with van der Waals surface area (Å²) in [4.78, 5) is 13.9. The molecule has 4 nitrogen and oxygen atoms in total. The van der Waals surface area contributed by atoms with Crippen LogP contribution in [0, 0.1) is 29.1 Å². The van der Waals surface area contributed by atoms with Crippen LogP contribution in [0.1, 0.15) is 49.7 Å². The molecule has 0 bridgehead atoms. The lowest BCUT2D eigenvalue weighted by Gasteiger charge is -2.51. The first kappa shape index (κ1) is 16.6. The molecule has 3 rings (SSSR count). The molecule has 0 aromatic heterocycles. The SMILES string of the molecule is CCCC#Cc1ccc([C@@H]2[C@@H](CO)N(C(=O)C3CC3)[C@H]2C#N)cc1. The maximum Gasteiger partial charge on any atom is 0.227 e. The van der Waals surface area contributed by atoms with Gasteiger partial charge in [0.05, 0.1) is 18.7 Å². The molecule has 1 amide bonds. The van der Waals surface area contributed by atoms with Gasteiger partial charge in [-0.1, -0.05) is 30.9 Å². The van der Waals surface area contributed by atoms with Crippen LogP contribution in [0.25, 0.3) is 0 Å². The molecule has 0 radical (unpaired) electrons. The first-order chi connectivity index (χ1) is 11.7. The van der Waals surface area contributed by atoms with Crippen LogP contribution in [-0.4, -0.2) is 34.6 Å². The molecule has 0 unspecified atom stereocenters. The highest BCUT2D eigenvalue weighted by atomic mass is 16.3. The van der Waals surface area contributed by atoms with Crippen LogP contribution < -0.4 is 0 Å². The fourth-order valence-corrected chi connectivity index (χ4v) is 3.33. The number of carbonyl (C=O) groups is 1. The molecule has 1 saturated carbocycles. The Hall–Kier alpha value is -2.30. The summed E-state index contributed by atoms with van der Waals surface area (Å²) in [6, 6.07) is 9.31. The molecule has 0 spiro atoms. The lowest BCUT2D eigenvalue weighted by molar-refractivity contribution is -0.148. The van der Waals surface area contributed by atoms with Crippen LogP contribution in [0.3, 0.4) is 0 Å². The summed E-state index contributed by atoms with van der Waals surface area (Å²) in [5.74, 6) is 6.20. The van der Waals surface area contributed by atoms with E-state index in [-0.39, 0.29) is 30.4 Å². The third kappa shape index (κ3) is 3.03. The van der Waals surface area contributed by atoms with E-state index in [1.165, 1.54) is 0 Å². The largest absolute Gasteiger partial charge is 0.394 e.